The summed E-state index contributed by atoms with van der Waals surface area (Å²) in [5.41, 5.74) is 2.06. The summed E-state index contributed by atoms with van der Waals surface area (Å²) in [6, 6.07) is 14.1. The summed E-state index contributed by atoms with van der Waals surface area (Å²) in [6.45, 7) is 1.86. The van der Waals surface area contributed by atoms with Crippen molar-refractivity contribution in [3.63, 3.8) is 0 Å². The van der Waals surface area contributed by atoms with Gasteiger partial charge in [-0.3, -0.25) is 4.79 Å². The second kappa shape index (κ2) is 7.84. The van der Waals surface area contributed by atoms with E-state index in [4.69, 9.17) is 9.47 Å². The lowest BCUT2D eigenvalue weighted by molar-refractivity contribution is 0.0763. The van der Waals surface area contributed by atoms with E-state index in [1.54, 1.807) is 11.8 Å². The van der Waals surface area contributed by atoms with Crippen LogP contribution in [0.15, 0.2) is 47.4 Å². The minimum Gasteiger partial charge on any atom is -0.454 e. The number of ether oxygens (including phenoxy) is 2. The standard InChI is InChI=1S/C20H21NO3S2/c1-25-19-5-3-2-4-15(19)20(22)21-9-8-18(26-11-10-21)14-6-7-16-17(12-14)24-13-23-16/h2-7,12,18H,8-11,13H2,1H3. The molecule has 2 heterocycles. The van der Waals surface area contributed by atoms with E-state index in [1.807, 2.05) is 53.2 Å². The van der Waals surface area contributed by atoms with E-state index >= 15 is 0 Å². The zero-order chi connectivity index (χ0) is 17.9. The summed E-state index contributed by atoms with van der Waals surface area (Å²) in [4.78, 5) is 16.0. The average molecular weight is 388 g/mol. The third-order valence-electron chi connectivity index (χ3n) is 4.73. The highest BCUT2D eigenvalue weighted by Crippen LogP contribution is 2.40. The van der Waals surface area contributed by atoms with E-state index in [1.165, 1.54) is 5.56 Å². The van der Waals surface area contributed by atoms with Crippen LogP contribution in [0, 0.1) is 0 Å². The normalized spacial score (nSPS) is 19.3. The maximum Gasteiger partial charge on any atom is 0.255 e. The Morgan fingerprint density at radius 1 is 1.15 bits per heavy atom. The van der Waals surface area contributed by atoms with Gasteiger partial charge in [-0.05, 0) is 42.5 Å². The SMILES string of the molecule is CSc1ccccc1C(=O)N1CCSC(c2ccc3c(c2)OCO3)CC1. The Morgan fingerprint density at radius 2 is 2.00 bits per heavy atom. The van der Waals surface area contributed by atoms with Crippen LogP contribution < -0.4 is 9.47 Å². The zero-order valence-corrected chi connectivity index (χ0v) is 16.3. The first-order valence-electron chi connectivity index (χ1n) is 8.69. The molecule has 4 nitrogen and oxygen atoms in total. The molecule has 0 spiro atoms. The van der Waals surface area contributed by atoms with Crippen LogP contribution in [-0.2, 0) is 0 Å². The first kappa shape index (κ1) is 17.6. The van der Waals surface area contributed by atoms with Gasteiger partial charge in [0.05, 0.1) is 5.56 Å². The number of carbonyl (C=O) groups excluding carboxylic acids is 1. The molecule has 2 aliphatic rings. The maximum absolute atomic E-state index is 13.0. The molecule has 6 heteroatoms. The number of hydrogen-bond acceptors (Lipinski definition) is 5. The minimum atomic E-state index is 0.141. The Balaban J connectivity index is 1.47. The van der Waals surface area contributed by atoms with Crippen LogP contribution in [0.25, 0.3) is 0 Å². The third-order valence-corrected chi connectivity index (χ3v) is 6.86. The fourth-order valence-electron chi connectivity index (χ4n) is 3.34. The second-order valence-corrected chi connectivity index (χ2v) is 8.41. The third kappa shape index (κ3) is 3.53. The minimum absolute atomic E-state index is 0.141. The maximum atomic E-state index is 13.0. The number of rotatable bonds is 3. The number of benzene rings is 2. The smallest absolute Gasteiger partial charge is 0.255 e. The fourth-order valence-corrected chi connectivity index (χ4v) is 5.16. The number of hydrogen-bond donors (Lipinski definition) is 0. The molecular weight excluding hydrogens is 366 g/mol. The molecule has 4 rings (SSSR count). The molecule has 26 heavy (non-hydrogen) atoms. The molecule has 1 saturated heterocycles. The number of nitrogens with zero attached hydrogens (tertiary/aromatic N) is 1. The van der Waals surface area contributed by atoms with Crippen molar-refractivity contribution in [1.29, 1.82) is 0 Å². The van der Waals surface area contributed by atoms with E-state index in [0.717, 1.165) is 47.2 Å². The number of carbonyl (C=O) groups is 1. The van der Waals surface area contributed by atoms with Crippen LogP contribution in [0.1, 0.15) is 27.6 Å². The largest absolute Gasteiger partial charge is 0.454 e. The predicted molar refractivity (Wildman–Crippen MR) is 107 cm³/mol. The van der Waals surface area contributed by atoms with Gasteiger partial charge in [0.15, 0.2) is 11.5 Å². The quantitative estimate of drug-likeness (QED) is 0.727. The Bertz CT molecular complexity index is 811. The molecule has 1 unspecified atom stereocenters. The molecule has 1 fully saturated rings. The molecule has 136 valence electrons. The molecule has 0 radical (unpaired) electrons. The van der Waals surface area contributed by atoms with Crippen molar-refractivity contribution in [2.75, 3.05) is 31.9 Å². The van der Waals surface area contributed by atoms with Gasteiger partial charge in [0.1, 0.15) is 0 Å². The Hall–Kier alpha value is -1.79. The van der Waals surface area contributed by atoms with Gasteiger partial charge in [-0.2, -0.15) is 11.8 Å². The first-order chi connectivity index (χ1) is 12.8. The molecular formula is C20H21NO3S2. The van der Waals surface area contributed by atoms with Gasteiger partial charge in [-0.1, -0.05) is 18.2 Å². The van der Waals surface area contributed by atoms with Gasteiger partial charge in [0.2, 0.25) is 6.79 Å². The van der Waals surface area contributed by atoms with Crippen LogP contribution in [0.2, 0.25) is 0 Å². The highest BCUT2D eigenvalue weighted by molar-refractivity contribution is 7.99. The molecule has 0 saturated carbocycles. The van der Waals surface area contributed by atoms with E-state index in [9.17, 15) is 4.79 Å². The van der Waals surface area contributed by atoms with Crippen LogP contribution in [0.5, 0.6) is 11.5 Å². The molecule has 2 aromatic rings. The van der Waals surface area contributed by atoms with E-state index in [-0.39, 0.29) is 5.91 Å². The van der Waals surface area contributed by atoms with E-state index < -0.39 is 0 Å². The lowest BCUT2D eigenvalue weighted by Gasteiger charge is -2.21. The van der Waals surface area contributed by atoms with E-state index in [2.05, 4.69) is 12.1 Å². The van der Waals surface area contributed by atoms with Crippen LogP contribution >= 0.6 is 23.5 Å². The van der Waals surface area contributed by atoms with Gasteiger partial charge in [-0.25, -0.2) is 0 Å². The lowest BCUT2D eigenvalue weighted by atomic mass is 10.1. The second-order valence-electron chi connectivity index (χ2n) is 6.25. The van der Waals surface area contributed by atoms with E-state index in [0.29, 0.717) is 12.0 Å². The summed E-state index contributed by atoms with van der Waals surface area (Å²) in [5, 5.41) is 0.373. The molecule has 0 aliphatic carbocycles. The summed E-state index contributed by atoms with van der Waals surface area (Å²) >= 11 is 3.54. The van der Waals surface area contributed by atoms with Crippen LogP contribution in [0.4, 0.5) is 0 Å². The number of fused-ring (bicyclic) bond motifs is 1. The summed E-state index contributed by atoms with van der Waals surface area (Å²) < 4.78 is 10.9. The van der Waals surface area contributed by atoms with Crippen molar-refractivity contribution in [3.05, 3.63) is 53.6 Å². The number of amides is 1. The highest BCUT2D eigenvalue weighted by atomic mass is 32.2. The van der Waals surface area contributed by atoms with Crippen molar-refractivity contribution in [3.8, 4) is 11.5 Å². The Kier molecular flexibility index (Phi) is 5.31. The van der Waals surface area contributed by atoms with Gasteiger partial charge < -0.3 is 14.4 Å². The molecule has 2 aromatic carbocycles. The van der Waals surface area contributed by atoms with Gasteiger partial charge >= 0.3 is 0 Å². The Morgan fingerprint density at radius 3 is 2.88 bits per heavy atom. The van der Waals surface area contributed by atoms with Crippen molar-refractivity contribution in [2.24, 2.45) is 0 Å². The van der Waals surface area contributed by atoms with Crippen molar-refractivity contribution >= 4 is 29.4 Å². The Labute approximate surface area is 162 Å². The molecule has 0 aromatic heterocycles. The van der Waals surface area contributed by atoms with Gasteiger partial charge in [0, 0.05) is 29.0 Å². The first-order valence-corrected chi connectivity index (χ1v) is 11.0. The topological polar surface area (TPSA) is 38.8 Å². The summed E-state index contributed by atoms with van der Waals surface area (Å²) in [5.74, 6) is 2.72. The molecule has 1 atom stereocenters. The van der Waals surface area contributed by atoms with Crippen molar-refractivity contribution in [1.82, 2.24) is 4.90 Å². The van der Waals surface area contributed by atoms with Crippen molar-refractivity contribution in [2.45, 2.75) is 16.6 Å². The molecule has 1 amide bonds. The molecule has 2 aliphatic heterocycles. The predicted octanol–water partition coefficient (Wildman–Crippen LogP) is 4.46. The average Bonchev–Trinajstić information content (AvgIpc) is 3.02. The zero-order valence-electron chi connectivity index (χ0n) is 14.6. The summed E-state index contributed by atoms with van der Waals surface area (Å²) in [7, 11) is 0. The highest BCUT2D eigenvalue weighted by Gasteiger charge is 2.25. The van der Waals surface area contributed by atoms with Crippen molar-refractivity contribution < 1.29 is 14.3 Å². The molecule has 0 N–H and O–H groups in total. The number of thioether (sulfide) groups is 2. The fraction of sp³-hybridized carbons (Fsp3) is 0.350. The molecule has 0 bridgehead atoms. The van der Waals surface area contributed by atoms with Crippen LogP contribution in [0.3, 0.4) is 0 Å². The van der Waals surface area contributed by atoms with Gasteiger partial charge in [0.25, 0.3) is 5.91 Å². The van der Waals surface area contributed by atoms with Gasteiger partial charge in [-0.15, -0.1) is 11.8 Å². The summed E-state index contributed by atoms with van der Waals surface area (Å²) in [6.07, 6.45) is 2.96. The lowest BCUT2D eigenvalue weighted by Crippen LogP contribution is -2.33. The monoisotopic (exact) mass is 387 g/mol. The van der Waals surface area contributed by atoms with Crippen LogP contribution in [-0.4, -0.2) is 42.7 Å².